The second-order valence-electron chi connectivity index (χ2n) is 29.9. The van der Waals surface area contributed by atoms with Gasteiger partial charge in [-0.3, -0.25) is 37.3 Å². The molecule has 17 nitrogen and oxygen atoms in total. The van der Waals surface area contributed by atoms with Crippen LogP contribution in [0, 0.1) is 17.8 Å². The van der Waals surface area contributed by atoms with Crippen molar-refractivity contribution < 1.29 is 80.2 Å². The Hall–Kier alpha value is -1.94. The maximum Gasteiger partial charge on any atom is 0.472 e. The molecule has 0 aliphatic carbocycles. The average molecular weight is 1440 g/mol. The van der Waals surface area contributed by atoms with Gasteiger partial charge in [-0.05, 0) is 43.4 Å². The number of esters is 4. The average Bonchev–Trinajstić information content (AvgIpc) is 1.00. The molecule has 582 valence electrons. The third-order valence-corrected chi connectivity index (χ3v) is 20.3. The summed E-state index contributed by atoms with van der Waals surface area (Å²) in [7, 11) is -9.92. The summed E-state index contributed by atoms with van der Waals surface area (Å²) < 4.78 is 68.6. The van der Waals surface area contributed by atoms with Crippen molar-refractivity contribution in [1.29, 1.82) is 0 Å². The van der Waals surface area contributed by atoms with E-state index in [-0.39, 0.29) is 25.7 Å². The molecular weight excluding hydrogens is 1280 g/mol. The second-order valence-corrected chi connectivity index (χ2v) is 32.8. The first-order chi connectivity index (χ1) is 47.2. The van der Waals surface area contributed by atoms with Gasteiger partial charge < -0.3 is 33.8 Å². The standard InChI is InChI=1S/C79H154O17P2/c1-8-9-10-11-12-13-14-15-17-21-28-33-40-48-55-62-79(84)96-75(67-90-77(82)61-54-47-42-35-38-45-52-59-72(6)7)69-94-98(87,88)92-65-73(80)64-91-97(85,86)93-68-74(66-89-76(81)60-53-46-39-32-27-24-23-26-31-37-44-51-58-71(4)5)95-78(83)63-56-49-41-34-29-22-19-16-18-20-25-30-36-43-50-57-70(2)3/h70-75,80H,8-69H2,1-7H3,(H,85,86)(H,87,88)/t73-,74-,75-/m1/s1. The van der Waals surface area contributed by atoms with E-state index in [9.17, 15) is 43.2 Å². The number of rotatable bonds is 77. The number of unbranched alkanes of at least 4 members (excludes halogenated alkanes) is 45. The molecular formula is C79H154O17P2. The molecule has 19 heteroatoms. The molecule has 0 aliphatic rings. The van der Waals surface area contributed by atoms with Crippen molar-refractivity contribution in [3.63, 3.8) is 0 Å². The van der Waals surface area contributed by atoms with Crippen molar-refractivity contribution in [2.24, 2.45) is 17.8 Å². The first kappa shape index (κ1) is 96.1. The van der Waals surface area contributed by atoms with Crippen LogP contribution in [0.3, 0.4) is 0 Å². The highest BCUT2D eigenvalue weighted by molar-refractivity contribution is 7.47. The summed E-state index contributed by atoms with van der Waals surface area (Å²) in [5.74, 6) is 0.177. The fourth-order valence-electron chi connectivity index (χ4n) is 12.1. The number of phosphoric acid groups is 2. The Morgan fingerprint density at radius 1 is 0.276 bits per heavy atom. The number of hydrogen-bond acceptors (Lipinski definition) is 15. The summed E-state index contributed by atoms with van der Waals surface area (Å²) in [5, 5.41) is 10.6. The maximum atomic E-state index is 13.1. The van der Waals surface area contributed by atoms with Crippen molar-refractivity contribution in [3.8, 4) is 0 Å². The van der Waals surface area contributed by atoms with Gasteiger partial charge in [0.05, 0.1) is 26.4 Å². The molecule has 98 heavy (non-hydrogen) atoms. The molecule has 0 spiro atoms. The number of hydrogen-bond donors (Lipinski definition) is 3. The third-order valence-electron chi connectivity index (χ3n) is 18.4. The van der Waals surface area contributed by atoms with Gasteiger partial charge >= 0.3 is 39.5 Å². The van der Waals surface area contributed by atoms with Gasteiger partial charge in [0, 0.05) is 25.7 Å². The molecule has 5 atom stereocenters. The number of phosphoric ester groups is 2. The van der Waals surface area contributed by atoms with Gasteiger partial charge in [-0.15, -0.1) is 0 Å². The third kappa shape index (κ3) is 72.4. The van der Waals surface area contributed by atoms with Crippen LogP contribution in [0.15, 0.2) is 0 Å². The minimum Gasteiger partial charge on any atom is -0.462 e. The molecule has 0 amide bonds. The molecule has 0 aliphatic heterocycles. The van der Waals surface area contributed by atoms with E-state index >= 15 is 0 Å². The Morgan fingerprint density at radius 2 is 0.469 bits per heavy atom. The summed E-state index contributed by atoms with van der Waals surface area (Å²) in [6.45, 7) is 11.9. The number of aliphatic hydroxyl groups excluding tert-OH is 1. The first-order valence-corrected chi connectivity index (χ1v) is 43.8. The Balaban J connectivity index is 5.25. The van der Waals surface area contributed by atoms with Gasteiger partial charge in [0.15, 0.2) is 12.2 Å². The lowest BCUT2D eigenvalue weighted by Crippen LogP contribution is -2.30. The topological polar surface area (TPSA) is 237 Å². The van der Waals surface area contributed by atoms with Crippen LogP contribution >= 0.6 is 15.6 Å². The molecule has 2 unspecified atom stereocenters. The van der Waals surface area contributed by atoms with Crippen LogP contribution in [0.1, 0.15) is 408 Å². The van der Waals surface area contributed by atoms with Gasteiger partial charge in [-0.1, -0.05) is 357 Å². The van der Waals surface area contributed by atoms with Crippen LogP contribution in [0.2, 0.25) is 0 Å². The van der Waals surface area contributed by atoms with E-state index in [2.05, 4.69) is 48.5 Å². The van der Waals surface area contributed by atoms with Crippen LogP contribution in [0.5, 0.6) is 0 Å². The zero-order valence-corrected chi connectivity index (χ0v) is 66.0. The zero-order valence-electron chi connectivity index (χ0n) is 64.3. The van der Waals surface area contributed by atoms with E-state index in [1.165, 1.54) is 212 Å². The highest BCUT2D eigenvalue weighted by atomic mass is 31.2. The first-order valence-electron chi connectivity index (χ1n) is 40.8. The van der Waals surface area contributed by atoms with E-state index in [0.29, 0.717) is 31.6 Å². The van der Waals surface area contributed by atoms with Gasteiger partial charge in [0.2, 0.25) is 0 Å². The Labute approximate surface area is 600 Å². The van der Waals surface area contributed by atoms with E-state index in [1.807, 2.05) is 0 Å². The smallest absolute Gasteiger partial charge is 0.462 e. The predicted molar refractivity (Wildman–Crippen MR) is 400 cm³/mol. The summed E-state index contributed by atoms with van der Waals surface area (Å²) in [6, 6.07) is 0. The van der Waals surface area contributed by atoms with Gasteiger partial charge in [0.1, 0.15) is 19.3 Å². The quantitative estimate of drug-likeness (QED) is 0.0222. The summed E-state index contributed by atoms with van der Waals surface area (Å²) >= 11 is 0. The fourth-order valence-corrected chi connectivity index (χ4v) is 13.7. The minimum atomic E-state index is -4.96. The van der Waals surface area contributed by atoms with E-state index in [0.717, 1.165) is 108 Å². The van der Waals surface area contributed by atoms with Crippen molar-refractivity contribution in [2.45, 2.75) is 426 Å². The maximum absolute atomic E-state index is 13.1. The molecule has 0 bridgehead atoms. The van der Waals surface area contributed by atoms with Gasteiger partial charge in [0.25, 0.3) is 0 Å². The summed E-state index contributed by atoms with van der Waals surface area (Å²) in [6.07, 6.45) is 56.9. The largest absolute Gasteiger partial charge is 0.472 e. The van der Waals surface area contributed by atoms with Crippen molar-refractivity contribution >= 4 is 39.5 Å². The summed E-state index contributed by atoms with van der Waals surface area (Å²) in [5.41, 5.74) is 0. The van der Waals surface area contributed by atoms with E-state index in [1.54, 1.807) is 0 Å². The SMILES string of the molecule is CCCCCCCCCCCCCCCCCC(=O)O[C@H](COC(=O)CCCCCCCCCC(C)C)COP(=O)(O)OC[C@H](O)COP(=O)(O)OC[C@@H](COC(=O)CCCCCCCCCCCCCCC(C)C)OC(=O)CCCCCCCCCCCCCCCCCC(C)C. The van der Waals surface area contributed by atoms with Crippen LogP contribution in [-0.2, 0) is 65.4 Å². The molecule has 0 aromatic rings. The summed E-state index contributed by atoms with van der Waals surface area (Å²) in [4.78, 5) is 72.9. The molecule has 0 aromatic heterocycles. The monoisotopic (exact) mass is 1440 g/mol. The van der Waals surface area contributed by atoms with E-state index < -0.39 is 97.5 Å². The fraction of sp³-hybridized carbons (Fsp3) is 0.949. The minimum absolute atomic E-state index is 0.107. The molecule has 0 radical (unpaired) electrons. The number of aliphatic hydroxyl groups is 1. The molecule has 0 saturated carbocycles. The molecule has 0 heterocycles. The number of ether oxygens (including phenoxy) is 4. The van der Waals surface area contributed by atoms with Crippen LogP contribution in [-0.4, -0.2) is 96.7 Å². The number of carbonyl (C=O) groups excluding carboxylic acids is 4. The molecule has 3 N–H and O–H groups in total. The van der Waals surface area contributed by atoms with Crippen molar-refractivity contribution in [2.75, 3.05) is 39.6 Å². The Bertz CT molecular complexity index is 1900. The van der Waals surface area contributed by atoms with E-state index in [4.69, 9.17) is 37.0 Å². The highest BCUT2D eigenvalue weighted by Gasteiger charge is 2.30. The molecule has 0 fully saturated rings. The van der Waals surface area contributed by atoms with Crippen LogP contribution < -0.4 is 0 Å². The van der Waals surface area contributed by atoms with Crippen LogP contribution in [0.4, 0.5) is 0 Å². The lowest BCUT2D eigenvalue weighted by molar-refractivity contribution is -0.161. The Morgan fingerprint density at radius 3 is 0.694 bits per heavy atom. The van der Waals surface area contributed by atoms with Gasteiger partial charge in [-0.2, -0.15) is 0 Å². The second kappa shape index (κ2) is 69.4. The lowest BCUT2D eigenvalue weighted by atomic mass is 10.0. The van der Waals surface area contributed by atoms with Crippen molar-refractivity contribution in [1.82, 2.24) is 0 Å². The Kier molecular flexibility index (Phi) is 68.1. The number of carbonyl (C=O) groups is 4. The molecule has 0 saturated heterocycles. The lowest BCUT2D eigenvalue weighted by Gasteiger charge is -2.21. The highest BCUT2D eigenvalue weighted by Crippen LogP contribution is 2.45. The molecule has 0 aromatic carbocycles. The van der Waals surface area contributed by atoms with Crippen LogP contribution in [0.25, 0.3) is 0 Å². The molecule has 0 rings (SSSR count). The van der Waals surface area contributed by atoms with Gasteiger partial charge in [-0.25, -0.2) is 9.13 Å². The van der Waals surface area contributed by atoms with Crippen molar-refractivity contribution in [3.05, 3.63) is 0 Å². The predicted octanol–water partition coefficient (Wildman–Crippen LogP) is 23.4. The normalized spacial score (nSPS) is 14.0. The zero-order chi connectivity index (χ0) is 72.3.